The summed E-state index contributed by atoms with van der Waals surface area (Å²) < 4.78 is 25.5. The van der Waals surface area contributed by atoms with Crippen molar-refractivity contribution in [3.63, 3.8) is 0 Å². The van der Waals surface area contributed by atoms with Crippen molar-refractivity contribution >= 4 is 44.8 Å². The SMILES string of the molecule is CC(=O)NS(=O)(=O)c1ccc(NC(=O)c2cc([N+](=O)[O-])ccc2Cl)cc1. The number of nitro benzene ring substituents is 1. The molecular formula is C15H12ClN3O6S. The first-order valence-electron chi connectivity index (χ1n) is 6.99. The molecule has 0 heterocycles. The largest absolute Gasteiger partial charge is 0.322 e. The minimum absolute atomic E-state index is 0.0259. The molecule has 0 unspecified atom stereocenters. The van der Waals surface area contributed by atoms with Crippen molar-refractivity contribution in [3.05, 3.63) is 63.2 Å². The number of anilines is 1. The van der Waals surface area contributed by atoms with Gasteiger partial charge in [-0.3, -0.25) is 19.7 Å². The zero-order valence-corrected chi connectivity index (χ0v) is 14.8. The zero-order valence-electron chi connectivity index (χ0n) is 13.2. The van der Waals surface area contributed by atoms with Gasteiger partial charge in [0.25, 0.3) is 21.6 Å². The number of benzene rings is 2. The first kappa shape index (κ1) is 19.3. The molecule has 0 saturated carbocycles. The normalized spacial score (nSPS) is 10.8. The minimum Gasteiger partial charge on any atom is -0.322 e. The lowest BCUT2D eigenvalue weighted by atomic mass is 10.2. The maximum Gasteiger partial charge on any atom is 0.270 e. The highest BCUT2D eigenvalue weighted by Crippen LogP contribution is 2.23. The fraction of sp³-hybridized carbons (Fsp3) is 0.0667. The molecule has 0 bridgehead atoms. The van der Waals surface area contributed by atoms with Crippen LogP contribution in [-0.4, -0.2) is 25.2 Å². The number of hydrogen-bond donors (Lipinski definition) is 2. The molecule has 2 aromatic carbocycles. The van der Waals surface area contributed by atoms with Crippen LogP contribution < -0.4 is 10.0 Å². The highest BCUT2D eigenvalue weighted by atomic mass is 35.5. The number of amides is 2. The third-order valence-electron chi connectivity index (χ3n) is 3.11. The Morgan fingerprint density at radius 3 is 2.27 bits per heavy atom. The summed E-state index contributed by atoms with van der Waals surface area (Å²) in [6.45, 7) is 1.06. The topological polar surface area (TPSA) is 135 Å². The van der Waals surface area contributed by atoms with Crippen LogP contribution in [0.5, 0.6) is 0 Å². The molecule has 2 rings (SSSR count). The molecule has 0 aliphatic rings. The third kappa shape index (κ3) is 4.55. The number of nitro groups is 1. The summed E-state index contributed by atoms with van der Waals surface area (Å²) in [7, 11) is -3.99. The van der Waals surface area contributed by atoms with Crippen molar-refractivity contribution < 1.29 is 22.9 Å². The van der Waals surface area contributed by atoms with Crippen molar-refractivity contribution in [1.29, 1.82) is 0 Å². The Balaban J connectivity index is 2.22. The summed E-state index contributed by atoms with van der Waals surface area (Å²) in [5, 5.41) is 13.3. The van der Waals surface area contributed by atoms with Crippen molar-refractivity contribution in [2.45, 2.75) is 11.8 Å². The van der Waals surface area contributed by atoms with Crippen LogP contribution in [0.3, 0.4) is 0 Å². The predicted octanol–water partition coefficient (Wildman–Crippen LogP) is 2.33. The van der Waals surface area contributed by atoms with E-state index in [9.17, 15) is 28.1 Å². The molecule has 0 aromatic heterocycles. The van der Waals surface area contributed by atoms with Crippen LogP contribution in [0.15, 0.2) is 47.4 Å². The predicted molar refractivity (Wildman–Crippen MR) is 93.5 cm³/mol. The van der Waals surface area contributed by atoms with E-state index in [-0.39, 0.29) is 26.9 Å². The Labute approximate surface area is 153 Å². The molecule has 0 aliphatic heterocycles. The zero-order chi connectivity index (χ0) is 19.5. The van der Waals surface area contributed by atoms with Gasteiger partial charge < -0.3 is 5.32 Å². The third-order valence-corrected chi connectivity index (χ3v) is 4.88. The maximum atomic E-state index is 12.2. The highest BCUT2D eigenvalue weighted by Gasteiger charge is 2.18. The smallest absolute Gasteiger partial charge is 0.270 e. The fourth-order valence-electron chi connectivity index (χ4n) is 1.96. The summed E-state index contributed by atoms with van der Waals surface area (Å²) in [6.07, 6.45) is 0. The molecule has 26 heavy (non-hydrogen) atoms. The highest BCUT2D eigenvalue weighted by molar-refractivity contribution is 7.90. The number of sulfonamides is 1. The fourth-order valence-corrected chi connectivity index (χ4v) is 3.16. The maximum absolute atomic E-state index is 12.2. The summed E-state index contributed by atoms with van der Waals surface area (Å²) in [6, 6.07) is 8.42. The van der Waals surface area contributed by atoms with Gasteiger partial charge >= 0.3 is 0 Å². The quantitative estimate of drug-likeness (QED) is 0.587. The van der Waals surface area contributed by atoms with Gasteiger partial charge in [0.15, 0.2) is 0 Å². The van der Waals surface area contributed by atoms with Gasteiger partial charge in [0, 0.05) is 24.7 Å². The summed E-state index contributed by atoms with van der Waals surface area (Å²) in [5.41, 5.74) is -0.161. The summed E-state index contributed by atoms with van der Waals surface area (Å²) in [4.78, 5) is 33.1. The van der Waals surface area contributed by atoms with Crippen LogP contribution in [0.25, 0.3) is 0 Å². The first-order chi connectivity index (χ1) is 12.1. The summed E-state index contributed by atoms with van der Waals surface area (Å²) in [5.74, 6) is -1.43. The van der Waals surface area contributed by atoms with Gasteiger partial charge in [-0.05, 0) is 30.3 Å². The Morgan fingerprint density at radius 2 is 1.73 bits per heavy atom. The number of carbonyl (C=O) groups excluding carboxylic acids is 2. The van der Waals surface area contributed by atoms with Gasteiger partial charge in [0.2, 0.25) is 5.91 Å². The standard InChI is InChI=1S/C15H12ClN3O6S/c1-9(20)18-26(24,25)12-5-2-10(3-6-12)17-15(21)13-8-11(19(22)23)4-7-14(13)16/h2-8H,1H3,(H,17,21)(H,18,20). The molecule has 0 saturated heterocycles. The van der Waals surface area contributed by atoms with Crippen LogP contribution in [-0.2, 0) is 14.8 Å². The van der Waals surface area contributed by atoms with E-state index >= 15 is 0 Å². The van der Waals surface area contributed by atoms with Crippen molar-refractivity contribution in [2.24, 2.45) is 0 Å². The molecule has 0 atom stereocenters. The number of hydrogen-bond acceptors (Lipinski definition) is 6. The van der Waals surface area contributed by atoms with E-state index < -0.39 is 26.8 Å². The summed E-state index contributed by atoms with van der Waals surface area (Å²) >= 11 is 5.89. The average Bonchev–Trinajstić information content (AvgIpc) is 2.54. The van der Waals surface area contributed by atoms with Crippen molar-refractivity contribution in [2.75, 3.05) is 5.32 Å². The number of nitrogens with zero attached hydrogens (tertiary/aromatic N) is 1. The first-order valence-corrected chi connectivity index (χ1v) is 8.85. The number of rotatable bonds is 5. The average molecular weight is 398 g/mol. The van der Waals surface area contributed by atoms with Gasteiger partial charge in [-0.1, -0.05) is 11.6 Å². The van der Waals surface area contributed by atoms with Gasteiger partial charge in [0.1, 0.15) is 0 Å². The number of halogens is 1. The number of non-ortho nitro benzene ring substituents is 1. The molecule has 2 aromatic rings. The molecule has 0 aliphatic carbocycles. The van der Waals surface area contributed by atoms with E-state index in [0.717, 1.165) is 13.0 Å². The molecule has 2 amide bonds. The lowest BCUT2D eigenvalue weighted by molar-refractivity contribution is -0.384. The monoisotopic (exact) mass is 397 g/mol. The molecule has 2 N–H and O–H groups in total. The second-order valence-corrected chi connectivity index (χ2v) is 7.15. The Morgan fingerprint density at radius 1 is 1.12 bits per heavy atom. The Hall–Kier alpha value is -2.98. The molecule has 11 heteroatoms. The molecular weight excluding hydrogens is 386 g/mol. The Bertz CT molecular complexity index is 989. The van der Waals surface area contributed by atoms with E-state index in [2.05, 4.69) is 5.32 Å². The van der Waals surface area contributed by atoms with Crippen LogP contribution in [0.2, 0.25) is 5.02 Å². The van der Waals surface area contributed by atoms with Crippen LogP contribution >= 0.6 is 11.6 Å². The Kier molecular flexibility index (Phi) is 5.58. The molecule has 9 nitrogen and oxygen atoms in total. The van der Waals surface area contributed by atoms with E-state index in [0.29, 0.717) is 0 Å². The van der Waals surface area contributed by atoms with E-state index in [1.807, 2.05) is 4.72 Å². The van der Waals surface area contributed by atoms with E-state index in [1.54, 1.807) is 0 Å². The van der Waals surface area contributed by atoms with Gasteiger partial charge in [-0.2, -0.15) is 0 Å². The van der Waals surface area contributed by atoms with E-state index in [1.165, 1.54) is 36.4 Å². The second-order valence-electron chi connectivity index (χ2n) is 5.06. The molecule has 136 valence electrons. The molecule has 0 radical (unpaired) electrons. The molecule has 0 fully saturated rings. The molecule has 0 spiro atoms. The van der Waals surface area contributed by atoms with Crippen molar-refractivity contribution in [3.8, 4) is 0 Å². The lowest BCUT2D eigenvalue weighted by Gasteiger charge is -2.08. The van der Waals surface area contributed by atoms with Crippen LogP contribution in [0.1, 0.15) is 17.3 Å². The van der Waals surface area contributed by atoms with E-state index in [4.69, 9.17) is 11.6 Å². The van der Waals surface area contributed by atoms with Crippen LogP contribution in [0, 0.1) is 10.1 Å². The second kappa shape index (κ2) is 7.50. The van der Waals surface area contributed by atoms with Crippen molar-refractivity contribution in [1.82, 2.24) is 4.72 Å². The lowest BCUT2D eigenvalue weighted by Crippen LogP contribution is -2.28. The van der Waals surface area contributed by atoms with Crippen LogP contribution in [0.4, 0.5) is 11.4 Å². The van der Waals surface area contributed by atoms with Gasteiger partial charge in [0.05, 0.1) is 20.4 Å². The van der Waals surface area contributed by atoms with Gasteiger partial charge in [-0.25, -0.2) is 13.1 Å². The number of nitrogens with one attached hydrogen (secondary N) is 2. The minimum atomic E-state index is -3.99. The van der Waals surface area contributed by atoms with Gasteiger partial charge in [-0.15, -0.1) is 0 Å². The number of carbonyl (C=O) groups is 2.